The van der Waals surface area contributed by atoms with Gasteiger partial charge in [0.1, 0.15) is 5.82 Å². The summed E-state index contributed by atoms with van der Waals surface area (Å²) >= 11 is 3.31. The molecule has 22 heavy (non-hydrogen) atoms. The summed E-state index contributed by atoms with van der Waals surface area (Å²) in [5.41, 5.74) is 9.50. The molecule has 0 saturated carbocycles. The smallest absolute Gasteiger partial charge is 0.193 e. The zero-order valence-electron chi connectivity index (χ0n) is 12.4. The van der Waals surface area contributed by atoms with Gasteiger partial charge in [-0.1, -0.05) is 22.0 Å². The van der Waals surface area contributed by atoms with E-state index >= 15 is 0 Å². The van der Waals surface area contributed by atoms with E-state index in [2.05, 4.69) is 32.3 Å². The highest BCUT2D eigenvalue weighted by Gasteiger charge is 2.03. The first kappa shape index (κ1) is 18.9. The van der Waals surface area contributed by atoms with Gasteiger partial charge in [-0.15, -0.1) is 24.0 Å². The number of anilines is 1. The Hall–Kier alpha value is -1.15. The van der Waals surface area contributed by atoms with E-state index in [0.29, 0.717) is 5.56 Å². The van der Waals surface area contributed by atoms with Crippen LogP contribution >= 0.6 is 39.9 Å². The number of halogens is 3. The number of benzene rings is 2. The van der Waals surface area contributed by atoms with Crippen LogP contribution in [-0.4, -0.2) is 5.96 Å². The molecule has 2 aromatic carbocycles. The molecule has 0 aliphatic carbocycles. The third kappa shape index (κ3) is 5.57. The first-order valence-corrected chi connectivity index (χ1v) is 7.32. The average molecular weight is 478 g/mol. The number of rotatable bonds is 3. The van der Waals surface area contributed by atoms with Crippen molar-refractivity contribution in [2.24, 2.45) is 10.7 Å². The number of nitrogens with zero attached hydrogens (tertiary/aromatic N) is 1. The number of nitrogens with one attached hydrogen (secondary N) is 1. The minimum atomic E-state index is -0.291. The minimum absolute atomic E-state index is 0. The van der Waals surface area contributed by atoms with Crippen LogP contribution in [0.2, 0.25) is 0 Å². The Morgan fingerprint density at radius 3 is 2.45 bits per heavy atom. The largest absolute Gasteiger partial charge is 0.370 e. The van der Waals surface area contributed by atoms with Crippen molar-refractivity contribution in [3.05, 3.63) is 63.4 Å². The van der Waals surface area contributed by atoms with Crippen LogP contribution in [0.15, 0.2) is 45.9 Å². The van der Waals surface area contributed by atoms with Crippen molar-refractivity contribution >= 4 is 51.6 Å². The summed E-state index contributed by atoms with van der Waals surface area (Å²) < 4.78 is 14.4. The molecule has 118 valence electrons. The lowest BCUT2D eigenvalue weighted by Gasteiger charge is -2.08. The lowest BCUT2D eigenvalue weighted by atomic mass is 10.1. The second kappa shape index (κ2) is 8.47. The van der Waals surface area contributed by atoms with E-state index < -0.39 is 0 Å². The Morgan fingerprint density at radius 1 is 1.18 bits per heavy atom. The molecular weight excluding hydrogens is 460 g/mol. The third-order valence-corrected chi connectivity index (χ3v) is 3.41. The molecule has 0 heterocycles. The summed E-state index contributed by atoms with van der Waals surface area (Å²) in [7, 11) is 0. The zero-order chi connectivity index (χ0) is 15.4. The molecule has 2 aromatic rings. The fourth-order valence-electron chi connectivity index (χ4n) is 2.07. The summed E-state index contributed by atoms with van der Waals surface area (Å²) in [6.07, 6.45) is 0. The summed E-state index contributed by atoms with van der Waals surface area (Å²) in [5, 5.41) is 3.02. The van der Waals surface area contributed by atoms with Crippen molar-refractivity contribution in [2.45, 2.75) is 20.4 Å². The van der Waals surface area contributed by atoms with Crippen LogP contribution in [0.5, 0.6) is 0 Å². The predicted octanol–water partition coefficient (Wildman–Crippen LogP) is 4.75. The van der Waals surface area contributed by atoms with Crippen LogP contribution in [0, 0.1) is 19.7 Å². The predicted molar refractivity (Wildman–Crippen MR) is 104 cm³/mol. The number of hydrogen-bond donors (Lipinski definition) is 2. The van der Waals surface area contributed by atoms with E-state index in [1.54, 1.807) is 12.1 Å². The van der Waals surface area contributed by atoms with Gasteiger partial charge in [0, 0.05) is 15.7 Å². The highest BCUT2D eigenvalue weighted by molar-refractivity contribution is 14.0. The summed E-state index contributed by atoms with van der Waals surface area (Å²) in [5.74, 6) is -0.0273. The van der Waals surface area contributed by atoms with Gasteiger partial charge in [0.25, 0.3) is 0 Å². The first-order valence-electron chi connectivity index (χ1n) is 6.53. The van der Waals surface area contributed by atoms with Crippen LogP contribution in [-0.2, 0) is 6.54 Å². The zero-order valence-corrected chi connectivity index (χ0v) is 16.3. The number of hydrogen-bond acceptors (Lipinski definition) is 1. The highest BCUT2D eigenvalue weighted by Crippen LogP contribution is 2.17. The van der Waals surface area contributed by atoms with Crippen molar-refractivity contribution < 1.29 is 4.39 Å². The van der Waals surface area contributed by atoms with Gasteiger partial charge in [-0.05, 0) is 55.3 Å². The topological polar surface area (TPSA) is 50.4 Å². The van der Waals surface area contributed by atoms with E-state index in [1.165, 1.54) is 6.07 Å². The molecule has 0 fully saturated rings. The fraction of sp³-hybridized carbons (Fsp3) is 0.188. The Bertz CT molecular complexity index is 669. The molecule has 0 radical (unpaired) electrons. The minimum Gasteiger partial charge on any atom is -0.370 e. The second-order valence-electron chi connectivity index (χ2n) is 4.94. The molecule has 0 spiro atoms. The van der Waals surface area contributed by atoms with Crippen molar-refractivity contribution in [1.29, 1.82) is 0 Å². The number of aliphatic imine (C=N–C) groups is 1. The third-order valence-electron chi connectivity index (χ3n) is 2.92. The molecule has 0 bridgehead atoms. The van der Waals surface area contributed by atoms with Crippen LogP contribution < -0.4 is 11.1 Å². The molecule has 3 N–H and O–H groups in total. The van der Waals surface area contributed by atoms with Crippen LogP contribution in [0.4, 0.5) is 10.1 Å². The molecule has 0 amide bonds. The second-order valence-corrected chi connectivity index (χ2v) is 5.85. The van der Waals surface area contributed by atoms with E-state index in [9.17, 15) is 4.39 Å². The normalized spacial score (nSPS) is 11.0. The van der Waals surface area contributed by atoms with Gasteiger partial charge in [-0.25, -0.2) is 9.38 Å². The Morgan fingerprint density at radius 2 is 1.82 bits per heavy atom. The maximum atomic E-state index is 13.6. The summed E-state index contributed by atoms with van der Waals surface area (Å²) in [6.45, 7) is 4.22. The van der Waals surface area contributed by atoms with E-state index in [-0.39, 0.29) is 42.3 Å². The van der Waals surface area contributed by atoms with Crippen LogP contribution in [0.25, 0.3) is 0 Å². The Kier molecular flexibility index (Phi) is 7.28. The van der Waals surface area contributed by atoms with Gasteiger partial charge < -0.3 is 11.1 Å². The lowest BCUT2D eigenvalue weighted by molar-refractivity contribution is 0.610. The standard InChI is InChI=1S/C16H17BrFN3.HI/c1-10-5-11(2)7-14(6-10)21-16(19)20-9-12-8-13(17)3-4-15(12)18;/h3-8H,9H2,1-2H3,(H3,19,20,21);1H. The van der Waals surface area contributed by atoms with Crippen LogP contribution in [0.3, 0.4) is 0 Å². The average Bonchev–Trinajstić information content (AvgIpc) is 2.38. The Labute approximate surface area is 155 Å². The lowest BCUT2D eigenvalue weighted by Crippen LogP contribution is -2.22. The highest BCUT2D eigenvalue weighted by atomic mass is 127. The van der Waals surface area contributed by atoms with Crippen molar-refractivity contribution in [3.8, 4) is 0 Å². The van der Waals surface area contributed by atoms with Crippen LogP contribution in [0.1, 0.15) is 16.7 Å². The number of guanidine groups is 1. The molecule has 0 aromatic heterocycles. The van der Waals surface area contributed by atoms with E-state index in [1.807, 2.05) is 26.0 Å². The van der Waals surface area contributed by atoms with Gasteiger partial charge >= 0.3 is 0 Å². The van der Waals surface area contributed by atoms with Gasteiger partial charge in [0.2, 0.25) is 0 Å². The van der Waals surface area contributed by atoms with Gasteiger partial charge in [-0.3, -0.25) is 0 Å². The summed E-state index contributed by atoms with van der Waals surface area (Å²) in [4.78, 5) is 4.17. The molecule has 6 heteroatoms. The molecule has 3 nitrogen and oxygen atoms in total. The monoisotopic (exact) mass is 477 g/mol. The SMILES string of the molecule is Cc1cc(C)cc(NC(N)=NCc2cc(Br)ccc2F)c1.I. The summed E-state index contributed by atoms with van der Waals surface area (Å²) in [6, 6.07) is 10.8. The number of aryl methyl sites for hydroxylation is 2. The van der Waals surface area contributed by atoms with E-state index in [0.717, 1.165) is 21.3 Å². The van der Waals surface area contributed by atoms with Gasteiger partial charge in [0.05, 0.1) is 6.54 Å². The quantitative estimate of drug-likeness (QED) is 0.380. The molecule has 0 unspecified atom stereocenters. The number of nitrogens with two attached hydrogens (primary N) is 1. The maximum Gasteiger partial charge on any atom is 0.193 e. The molecule has 0 saturated heterocycles. The van der Waals surface area contributed by atoms with Gasteiger partial charge in [0.15, 0.2) is 5.96 Å². The van der Waals surface area contributed by atoms with E-state index in [4.69, 9.17) is 5.73 Å². The van der Waals surface area contributed by atoms with Crippen molar-refractivity contribution in [1.82, 2.24) is 0 Å². The Balaban J connectivity index is 0.00000242. The molecule has 0 aliphatic heterocycles. The molecule has 0 atom stereocenters. The molecule has 0 aliphatic rings. The van der Waals surface area contributed by atoms with Crippen molar-refractivity contribution in [3.63, 3.8) is 0 Å². The molecular formula is C16H18BrFIN3. The first-order chi connectivity index (χ1) is 9.94. The van der Waals surface area contributed by atoms with Crippen molar-refractivity contribution in [2.75, 3.05) is 5.32 Å². The van der Waals surface area contributed by atoms with Gasteiger partial charge in [-0.2, -0.15) is 0 Å². The molecule has 2 rings (SSSR count). The maximum absolute atomic E-state index is 13.6. The fourth-order valence-corrected chi connectivity index (χ4v) is 2.48.